The van der Waals surface area contributed by atoms with E-state index in [4.69, 9.17) is 10.2 Å². The SMILES string of the molecule is O=C(O)CN1CCN(CC(=O)O)CCN(CC(=O)Nc2cc(C(=O)NCC(O)CO)cc(C(=O)NCC(O)CO)c2)CCN(CC(=O)O)CC1. The summed E-state index contributed by atoms with van der Waals surface area (Å²) in [6.07, 6.45) is -2.49. The van der Waals surface area contributed by atoms with E-state index in [1.807, 2.05) is 0 Å². The number of hydrogen-bond acceptors (Lipinski definition) is 14. The molecule has 3 amide bonds. The molecule has 0 spiro atoms. The molecule has 280 valence electrons. The molecule has 0 aromatic heterocycles. The largest absolute Gasteiger partial charge is 0.480 e. The van der Waals surface area contributed by atoms with Crippen LogP contribution in [0.2, 0.25) is 0 Å². The van der Waals surface area contributed by atoms with Gasteiger partial charge in [0.15, 0.2) is 0 Å². The lowest BCUT2D eigenvalue weighted by molar-refractivity contribution is -0.140. The molecule has 1 heterocycles. The van der Waals surface area contributed by atoms with Crippen LogP contribution in [-0.4, -0.2) is 208 Å². The van der Waals surface area contributed by atoms with Gasteiger partial charge >= 0.3 is 17.9 Å². The molecule has 2 atom stereocenters. The lowest BCUT2D eigenvalue weighted by atomic mass is 10.1. The summed E-state index contributed by atoms with van der Waals surface area (Å²) in [7, 11) is 0. The quantitative estimate of drug-likeness (QED) is 0.0725. The maximum Gasteiger partial charge on any atom is 0.317 e. The number of aliphatic hydroxyl groups excluding tert-OH is 4. The highest BCUT2D eigenvalue weighted by molar-refractivity contribution is 6.03. The smallest absolute Gasteiger partial charge is 0.317 e. The Hall–Kier alpha value is -4.28. The fourth-order valence-corrected chi connectivity index (χ4v) is 4.90. The monoisotopic (exact) mass is 713 g/mol. The maximum absolute atomic E-state index is 13.3. The highest BCUT2D eigenvalue weighted by Crippen LogP contribution is 2.16. The van der Waals surface area contributed by atoms with Crippen molar-refractivity contribution in [2.24, 2.45) is 0 Å². The van der Waals surface area contributed by atoms with E-state index in [1.165, 1.54) is 18.2 Å². The molecule has 50 heavy (non-hydrogen) atoms. The van der Waals surface area contributed by atoms with Crippen LogP contribution in [0.25, 0.3) is 0 Å². The van der Waals surface area contributed by atoms with Crippen LogP contribution in [0.3, 0.4) is 0 Å². The molecule has 1 aromatic carbocycles. The summed E-state index contributed by atoms with van der Waals surface area (Å²) >= 11 is 0. The molecular weight excluding hydrogens is 666 g/mol. The lowest BCUT2D eigenvalue weighted by Gasteiger charge is -2.32. The van der Waals surface area contributed by atoms with E-state index in [-0.39, 0.29) is 108 Å². The van der Waals surface area contributed by atoms with Gasteiger partial charge < -0.3 is 51.7 Å². The summed E-state index contributed by atoms with van der Waals surface area (Å²) in [5.41, 5.74) is -0.138. The van der Waals surface area contributed by atoms with Crippen LogP contribution in [0.4, 0.5) is 5.69 Å². The van der Waals surface area contributed by atoms with Crippen LogP contribution in [0.1, 0.15) is 20.7 Å². The highest BCUT2D eigenvalue weighted by Gasteiger charge is 2.22. The van der Waals surface area contributed by atoms with E-state index >= 15 is 0 Å². The minimum atomic E-state index is -1.24. The van der Waals surface area contributed by atoms with Crippen LogP contribution in [0, 0.1) is 0 Å². The number of aliphatic carboxylic acids is 3. The second kappa shape index (κ2) is 21.7. The number of amides is 3. The number of hydrogen-bond donors (Lipinski definition) is 10. The number of carboxylic acids is 3. The van der Waals surface area contributed by atoms with Gasteiger partial charge in [0.1, 0.15) is 0 Å². The number of carbonyl (C=O) groups is 6. The van der Waals surface area contributed by atoms with Crippen molar-refractivity contribution in [3.05, 3.63) is 29.3 Å². The standard InChI is InChI=1S/C30H47N7O13/c38-18-23(40)12-31-29(49)20-9-21(30(50)32-13-24(41)19-39)11-22(10-20)33-25(42)14-34-1-3-35(15-26(43)44)5-7-37(17-28(47)48)8-6-36(4-2-34)16-27(45)46/h9-11,23-24,38-41H,1-8,12-19H2,(H,31,49)(H,32,50)(H,33,42)(H,43,44)(H,45,46)(H,47,48). The molecule has 1 saturated heterocycles. The normalized spacial score (nSPS) is 17.0. The van der Waals surface area contributed by atoms with Crippen molar-refractivity contribution >= 4 is 41.3 Å². The third kappa shape index (κ3) is 16.4. The first kappa shape index (κ1) is 41.9. The van der Waals surface area contributed by atoms with E-state index in [2.05, 4.69) is 16.0 Å². The predicted octanol–water partition coefficient (Wildman–Crippen LogP) is -4.73. The fourth-order valence-electron chi connectivity index (χ4n) is 4.90. The average Bonchev–Trinajstić information content (AvgIpc) is 3.05. The molecular formula is C30H47N7O13. The van der Waals surface area contributed by atoms with Crippen LogP contribution < -0.4 is 16.0 Å². The number of nitrogens with zero attached hydrogens (tertiary/aromatic N) is 4. The molecule has 0 bridgehead atoms. The fraction of sp³-hybridized carbons (Fsp3) is 0.600. The number of anilines is 1. The maximum atomic E-state index is 13.3. The van der Waals surface area contributed by atoms with E-state index in [1.54, 1.807) is 19.6 Å². The number of rotatable bonds is 17. The Labute approximate surface area is 287 Å². The molecule has 2 rings (SSSR count). The molecule has 1 fully saturated rings. The molecule has 1 aliphatic heterocycles. The number of aliphatic hydroxyl groups is 4. The first-order chi connectivity index (χ1) is 23.7. The molecule has 10 N–H and O–H groups in total. The van der Waals surface area contributed by atoms with Crippen LogP contribution in [0.5, 0.6) is 0 Å². The summed E-state index contributed by atoms with van der Waals surface area (Å²) in [6.45, 7) is -1.55. The van der Waals surface area contributed by atoms with E-state index in [9.17, 15) is 54.3 Å². The first-order valence-corrected chi connectivity index (χ1v) is 15.8. The molecule has 20 heteroatoms. The average molecular weight is 714 g/mol. The molecule has 1 aliphatic rings. The van der Waals surface area contributed by atoms with Gasteiger partial charge in [-0.3, -0.25) is 48.4 Å². The second-order valence-corrected chi connectivity index (χ2v) is 11.7. The first-order valence-electron chi connectivity index (χ1n) is 15.8. The van der Waals surface area contributed by atoms with Gasteiger partial charge in [0.25, 0.3) is 11.8 Å². The number of carbonyl (C=O) groups excluding carboxylic acids is 3. The number of benzene rings is 1. The zero-order valence-corrected chi connectivity index (χ0v) is 27.6. The Balaban J connectivity index is 2.29. The Morgan fingerprint density at radius 1 is 0.560 bits per heavy atom. The molecule has 0 radical (unpaired) electrons. The second-order valence-electron chi connectivity index (χ2n) is 11.7. The molecule has 0 saturated carbocycles. The van der Waals surface area contributed by atoms with E-state index < -0.39 is 61.1 Å². The topological polar surface area (TPSA) is 293 Å². The minimum Gasteiger partial charge on any atom is -0.480 e. The van der Waals surface area contributed by atoms with Crippen molar-refractivity contribution in [1.82, 2.24) is 30.2 Å². The summed E-state index contributed by atoms with van der Waals surface area (Å²) in [6, 6.07) is 3.76. The van der Waals surface area contributed by atoms with E-state index in [0.717, 1.165) is 0 Å². The van der Waals surface area contributed by atoms with Crippen molar-refractivity contribution in [1.29, 1.82) is 0 Å². The van der Waals surface area contributed by atoms with Crippen molar-refractivity contribution in [3.8, 4) is 0 Å². The third-order valence-corrected chi connectivity index (χ3v) is 7.53. The molecule has 2 unspecified atom stereocenters. The predicted molar refractivity (Wildman–Crippen MR) is 175 cm³/mol. The van der Waals surface area contributed by atoms with Crippen molar-refractivity contribution in [2.45, 2.75) is 12.2 Å². The van der Waals surface area contributed by atoms with Crippen LogP contribution in [-0.2, 0) is 19.2 Å². The zero-order valence-electron chi connectivity index (χ0n) is 27.6. The Kier molecular flexibility index (Phi) is 18.2. The van der Waals surface area contributed by atoms with Gasteiger partial charge in [-0.2, -0.15) is 0 Å². The summed E-state index contributed by atoms with van der Waals surface area (Å²) in [5.74, 6) is -5.34. The number of nitrogens with one attached hydrogen (secondary N) is 3. The third-order valence-electron chi connectivity index (χ3n) is 7.53. The van der Waals surface area contributed by atoms with Gasteiger partial charge in [0.05, 0.1) is 51.6 Å². The van der Waals surface area contributed by atoms with Gasteiger partial charge in [-0.25, -0.2) is 0 Å². The summed E-state index contributed by atoms with van der Waals surface area (Å²) < 4.78 is 0. The minimum absolute atomic E-state index is 0.0334. The molecule has 20 nitrogen and oxygen atoms in total. The Morgan fingerprint density at radius 2 is 0.880 bits per heavy atom. The summed E-state index contributed by atoms with van der Waals surface area (Å²) in [5, 5.41) is 72.9. The molecule has 1 aromatic rings. The van der Waals surface area contributed by atoms with Crippen LogP contribution in [0.15, 0.2) is 18.2 Å². The van der Waals surface area contributed by atoms with Gasteiger partial charge in [-0.05, 0) is 18.2 Å². The van der Waals surface area contributed by atoms with E-state index in [0.29, 0.717) is 0 Å². The van der Waals surface area contributed by atoms with Gasteiger partial charge in [0, 0.05) is 82.3 Å². The molecule has 0 aliphatic carbocycles. The Bertz CT molecular complexity index is 1240. The van der Waals surface area contributed by atoms with Crippen LogP contribution >= 0.6 is 0 Å². The van der Waals surface area contributed by atoms with Crippen molar-refractivity contribution in [3.63, 3.8) is 0 Å². The highest BCUT2D eigenvalue weighted by atomic mass is 16.4. The van der Waals surface area contributed by atoms with Gasteiger partial charge in [0.2, 0.25) is 5.91 Å². The lowest BCUT2D eigenvalue weighted by Crippen LogP contribution is -2.49. The zero-order chi connectivity index (χ0) is 37.2. The summed E-state index contributed by atoms with van der Waals surface area (Å²) in [4.78, 5) is 80.0. The van der Waals surface area contributed by atoms with Gasteiger partial charge in [-0.1, -0.05) is 0 Å². The van der Waals surface area contributed by atoms with Crippen molar-refractivity contribution < 1.29 is 64.5 Å². The number of carboxylic acid groups (broad SMARTS) is 3. The van der Waals surface area contributed by atoms with Crippen molar-refractivity contribution in [2.75, 3.05) is 110 Å². The van der Waals surface area contributed by atoms with Gasteiger partial charge in [-0.15, -0.1) is 0 Å². The Morgan fingerprint density at radius 3 is 1.18 bits per heavy atom.